The number of pyridine rings is 1. The molecule has 3 amide bonds. The first kappa shape index (κ1) is 19.3. The van der Waals surface area contributed by atoms with Crippen molar-refractivity contribution in [3.8, 4) is 0 Å². The van der Waals surface area contributed by atoms with Gasteiger partial charge >= 0.3 is 6.03 Å². The van der Waals surface area contributed by atoms with Gasteiger partial charge in [0.15, 0.2) is 0 Å². The Bertz CT molecular complexity index is 1150. The van der Waals surface area contributed by atoms with Gasteiger partial charge in [0, 0.05) is 35.7 Å². The molecule has 152 valence electrons. The van der Waals surface area contributed by atoms with Crippen LogP contribution in [0.2, 0.25) is 0 Å². The van der Waals surface area contributed by atoms with E-state index in [0.29, 0.717) is 18.1 Å². The van der Waals surface area contributed by atoms with Crippen LogP contribution < -0.4 is 16.0 Å². The minimum absolute atomic E-state index is 0.132. The van der Waals surface area contributed by atoms with Gasteiger partial charge in [0.25, 0.3) is 5.91 Å². The molecule has 1 aliphatic heterocycles. The lowest BCUT2D eigenvalue weighted by molar-refractivity contribution is 0.102. The normalized spacial score (nSPS) is 12.8. The topological polar surface area (TPSA) is 86.4 Å². The van der Waals surface area contributed by atoms with Crippen LogP contribution in [0, 0.1) is 11.6 Å². The second-order valence-electron chi connectivity index (χ2n) is 6.76. The standard InChI is InChI=1S/C21H17F2N5O2/c1-28-11-15-17(7-8-24-19(15)27-21(28)30)26-18-6-5-14(10-16(18)23)25-20(29)12-3-2-4-13(22)9-12/h2-10H,11H2,1H3,(H,25,29)(H2,24,26,27,30). The summed E-state index contributed by atoms with van der Waals surface area (Å²) in [5.41, 5.74) is 1.87. The fourth-order valence-corrected chi connectivity index (χ4v) is 3.06. The number of rotatable bonds is 4. The van der Waals surface area contributed by atoms with E-state index in [1.807, 2.05) is 0 Å². The van der Waals surface area contributed by atoms with Crippen LogP contribution >= 0.6 is 0 Å². The van der Waals surface area contributed by atoms with Crippen molar-refractivity contribution in [1.82, 2.24) is 9.88 Å². The number of hydrogen-bond acceptors (Lipinski definition) is 4. The Morgan fingerprint density at radius 1 is 1.13 bits per heavy atom. The zero-order valence-corrected chi connectivity index (χ0v) is 15.9. The Balaban J connectivity index is 1.53. The van der Waals surface area contributed by atoms with Gasteiger partial charge in [-0.1, -0.05) is 6.07 Å². The molecule has 0 atom stereocenters. The lowest BCUT2D eigenvalue weighted by Crippen LogP contribution is -2.36. The Morgan fingerprint density at radius 2 is 1.97 bits per heavy atom. The van der Waals surface area contributed by atoms with E-state index in [9.17, 15) is 18.4 Å². The highest BCUT2D eigenvalue weighted by atomic mass is 19.1. The summed E-state index contributed by atoms with van der Waals surface area (Å²) in [5.74, 6) is -1.25. The molecule has 2 heterocycles. The maximum atomic E-state index is 14.7. The molecule has 3 aromatic rings. The van der Waals surface area contributed by atoms with Crippen molar-refractivity contribution in [2.75, 3.05) is 23.0 Å². The number of carbonyl (C=O) groups excluding carboxylic acids is 2. The lowest BCUT2D eigenvalue weighted by Gasteiger charge is -2.27. The number of aromatic nitrogens is 1. The molecular weight excluding hydrogens is 392 g/mol. The van der Waals surface area contributed by atoms with Crippen molar-refractivity contribution in [1.29, 1.82) is 0 Å². The lowest BCUT2D eigenvalue weighted by atomic mass is 10.1. The molecule has 2 aromatic carbocycles. The Hall–Kier alpha value is -4.01. The van der Waals surface area contributed by atoms with E-state index in [-0.39, 0.29) is 23.0 Å². The quantitative estimate of drug-likeness (QED) is 0.599. The molecule has 3 N–H and O–H groups in total. The summed E-state index contributed by atoms with van der Waals surface area (Å²) < 4.78 is 27.9. The summed E-state index contributed by atoms with van der Waals surface area (Å²) in [4.78, 5) is 29.6. The first-order valence-electron chi connectivity index (χ1n) is 9.04. The third-order valence-electron chi connectivity index (χ3n) is 4.61. The van der Waals surface area contributed by atoms with Gasteiger partial charge < -0.3 is 15.5 Å². The molecule has 0 spiro atoms. The number of nitrogens with one attached hydrogen (secondary N) is 3. The third-order valence-corrected chi connectivity index (χ3v) is 4.61. The number of nitrogens with zero attached hydrogens (tertiary/aromatic N) is 2. The van der Waals surface area contributed by atoms with Gasteiger partial charge in [-0.3, -0.25) is 10.1 Å². The predicted molar refractivity (Wildman–Crippen MR) is 109 cm³/mol. The molecule has 0 saturated carbocycles. The largest absolute Gasteiger partial charge is 0.353 e. The van der Waals surface area contributed by atoms with Crippen molar-refractivity contribution in [3.63, 3.8) is 0 Å². The Kier molecular flexibility index (Phi) is 5.01. The van der Waals surface area contributed by atoms with Crippen LogP contribution in [-0.4, -0.2) is 28.9 Å². The van der Waals surface area contributed by atoms with E-state index in [1.54, 1.807) is 13.1 Å². The van der Waals surface area contributed by atoms with Gasteiger partial charge in [0.05, 0.1) is 12.2 Å². The molecule has 9 heteroatoms. The highest BCUT2D eigenvalue weighted by Crippen LogP contribution is 2.31. The number of fused-ring (bicyclic) bond motifs is 1. The molecule has 4 rings (SSSR count). The van der Waals surface area contributed by atoms with Crippen molar-refractivity contribution < 1.29 is 18.4 Å². The molecule has 7 nitrogen and oxygen atoms in total. The summed E-state index contributed by atoms with van der Waals surface area (Å²) in [6.07, 6.45) is 1.51. The third kappa shape index (κ3) is 3.90. The van der Waals surface area contributed by atoms with E-state index in [2.05, 4.69) is 20.9 Å². The number of halogens is 2. The van der Waals surface area contributed by atoms with Crippen LogP contribution in [-0.2, 0) is 6.54 Å². The summed E-state index contributed by atoms with van der Waals surface area (Å²) in [5, 5.41) is 8.21. The summed E-state index contributed by atoms with van der Waals surface area (Å²) in [7, 11) is 1.64. The zero-order chi connectivity index (χ0) is 21.3. The van der Waals surface area contributed by atoms with Crippen molar-refractivity contribution in [3.05, 3.63) is 77.5 Å². The molecule has 0 saturated heterocycles. The molecule has 0 fully saturated rings. The van der Waals surface area contributed by atoms with Gasteiger partial charge in [-0.15, -0.1) is 0 Å². The fourth-order valence-electron chi connectivity index (χ4n) is 3.06. The van der Waals surface area contributed by atoms with Crippen molar-refractivity contribution in [2.24, 2.45) is 0 Å². The maximum absolute atomic E-state index is 14.7. The fraction of sp³-hybridized carbons (Fsp3) is 0.0952. The summed E-state index contributed by atoms with van der Waals surface area (Å²) in [6.45, 7) is 0.320. The second kappa shape index (κ2) is 7.78. The van der Waals surface area contributed by atoms with Crippen LogP contribution in [0.25, 0.3) is 0 Å². The van der Waals surface area contributed by atoms with E-state index in [4.69, 9.17) is 0 Å². The molecular formula is C21H17F2N5O2. The molecule has 0 bridgehead atoms. The first-order chi connectivity index (χ1) is 14.4. The Morgan fingerprint density at radius 3 is 2.73 bits per heavy atom. The van der Waals surface area contributed by atoms with Gasteiger partial charge in [-0.25, -0.2) is 18.6 Å². The first-order valence-corrected chi connectivity index (χ1v) is 9.04. The maximum Gasteiger partial charge on any atom is 0.323 e. The number of carbonyl (C=O) groups is 2. The smallest absolute Gasteiger partial charge is 0.323 e. The average molecular weight is 409 g/mol. The monoisotopic (exact) mass is 409 g/mol. The highest BCUT2D eigenvalue weighted by molar-refractivity contribution is 6.04. The molecule has 1 aliphatic rings. The van der Waals surface area contributed by atoms with E-state index in [1.165, 1.54) is 47.5 Å². The van der Waals surface area contributed by atoms with Crippen LogP contribution in [0.3, 0.4) is 0 Å². The minimum Gasteiger partial charge on any atom is -0.353 e. The van der Waals surface area contributed by atoms with Gasteiger partial charge in [-0.05, 0) is 42.5 Å². The van der Waals surface area contributed by atoms with E-state index >= 15 is 0 Å². The zero-order valence-electron chi connectivity index (χ0n) is 15.9. The number of urea groups is 1. The van der Waals surface area contributed by atoms with Crippen LogP contribution in [0.4, 0.5) is 36.5 Å². The number of anilines is 4. The molecule has 30 heavy (non-hydrogen) atoms. The van der Waals surface area contributed by atoms with Gasteiger partial charge in [0.2, 0.25) is 0 Å². The average Bonchev–Trinajstić information content (AvgIpc) is 2.71. The van der Waals surface area contributed by atoms with Gasteiger partial charge in [0.1, 0.15) is 17.5 Å². The van der Waals surface area contributed by atoms with E-state index in [0.717, 1.165) is 11.6 Å². The van der Waals surface area contributed by atoms with Gasteiger partial charge in [-0.2, -0.15) is 0 Å². The number of amides is 3. The summed E-state index contributed by atoms with van der Waals surface area (Å²) >= 11 is 0. The van der Waals surface area contributed by atoms with Crippen LogP contribution in [0.1, 0.15) is 15.9 Å². The van der Waals surface area contributed by atoms with Crippen molar-refractivity contribution in [2.45, 2.75) is 6.54 Å². The van der Waals surface area contributed by atoms with E-state index < -0.39 is 17.5 Å². The SMILES string of the molecule is CN1Cc2c(Nc3ccc(NC(=O)c4cccc(F)c4)cc3F)ccnc2NC1=O. The summed E-state index contributed by atoms with van der Waals surface area (Å²) in [6, 6.07) is 10.8. The Labute approximate surface area is 170 Å². The molecule has 0 unspecified atom stereocenters. The number of hydrogen-bond donors (Lipinski definition) is 3. The predicted octanol–water partition coefficient (Wildman–Crippen LogP) is 4.33. The number of benzene rings is 2. The van der Waals surface area contributed by atoms with Crippen LogP contribution in [0.5, 0.6) is 0 Å². The molecule has 0 radical (unpaired) electrons. The second-order valence-corrected chi connectivity index (χ2v) is 6.76. The molecule has 1 aromatic heterocycles. The highest BCUT2D eigenvalue weighted by Gasteiger charge is 2.23. The molecule has 0 aliphatic carbocycles. The minimum atomic E-state index is -0.592. The van der Waals surface area contributed by atoms with Crippen molar-refractivity contribution >= 4 is 34.8 Å². The van der Waals surface area contributed by atoms with Crippen LogP contribution in [0.15, 0.2) is 54.7 Å².